The first-order valence-electron chi connectivity index (χ1n) is 6.33. The normalized spacial score (nSPS) is 13.7. The van der Waals surface area contributed by atoms with Crippen molar-refractivity contribution >= 4 is 29.0 Å². The number of H-pyrrole nitrogens is 1. The average molecular weight is 261 g/mol. The maximum absolute atomic E-state index is 10.1. The fraction of sp³-hybridized carbons (Fsp3) is 0. The van der Waals surface area contributed by atoms with Crippen LogP contribution in [0.1, 0.15) is 5.56 Å². The van der Waals surface area contributed by atoms with Crippen LogP contribution in [0.3, 0.4) is 0 Å². The van der Waals surface area contributed by atoms with Crippen LogP contribution in [-0.4, -0.2) is 16.4 Å². The maximum atomic E-state index is 10.1. The number of aromatic nitrogens is 1. The lowest BCUT2D eigenvalue weighted by atomic mass is 10.1. The highest BCUT2D eigenvalue weighted by Crippen LogP contribution is 2.27. The van der Waals surface area contributed by atoms with Crippen molar-refractivity contribution in [3.63, 3.8) is 0 Å². The Hall–Kier alpha value is -2.88. The summed E-state index contributed by atoms with van der Waals surface area (Å²) in [4.78, 5) is 11.3. The number of aromatic hydroxyl groups is 1. The molecule has 96 valence electrons. The van der Waals surface area contributed by atoms with E-state index in [2.05, 4.69) is 15.0 Å². The van der Waals surface area contributed by atoms with Gasteiger partial charge in [0.25, 0.3) is 0 Å². The molecule has 4 heteroatoms. The van der Waals surface area contributed by atoms with Crippen LogP contribution in [0.2, 0.25) is 0 Å². The molecule has 1 aromatic heterocycles. The summed E-state index contributed by atoms with van der Waals surface area (Å²) in [5.74, 6) is 0.180. The van der Waals surface area contributed by atoms with Crippen molar-refractivity contribution in [3.8, 4) is 5.88 Å². The number of rotatable bonds is 1. The predicted molar refractivity (Wildman–Crippen MR) is 78.9 cm³/mol. The van der Waals surface area contributed by atoms with Gasteiger partial charge in [-0.15, -0.1) is 0 Å². The molecule has 2 aromatic carbocycles. The van der Waals surface area contributed by atoms with E-state index in [4.69, 9.17) is 0 Å². The fourth-order valence-corrected chi connectivity index (χ4v) is 2.46. The van der Waals surface area contributed by atoms with Crippen molar-refractivity contribution in [1.29, 1.82) is 0 Å². The molecule has 1 aliphatic rings. The Morgan fingerprint density at radius 1 is 1.10 bits per heavy atom. The van der Waals surface area contributed by atoms with Crippen molar-refractivity contribution in [1.82, 2.24) is 4.98 Å². The molecule has 0 saturated heterocycles. The van der Waals surface area contributed by atoms with Gasteiger partial charge in [-0.1, -0.05) is 24.3 Å². The molecule has 4 rings (SSSR count). The molecular weight excluding hydrogens is 250 g/mol. The van der Waals surface area contributed by atoms with E-state index in [0.29, 0.717) is 0 Å². The zero-order valence-corrected chi connectivity index (χ0v) is 10.5. The van der Waals surface area contributed by atoms with E-state index in [1.165, 1.54) is 0 Å². The molecule has 0 spiro atoms. The van der Waals surface area contributed by atoms with Crippen molar-refractivity contribution in [2.24, 2.45) is 9.98 Å². The second-order valence-corrected chi connectivity index (χ2v) is 4.70. The third-order valence-electron chi connectivity index (χ3n) is 3.43. The Kier molecular flexibility index (Phi) is 2.23. The number of benzene rings is 2. The third-order valence-corrected chi connectivity index (χ3v) is 3.43. The number of nitrogens with zero attached hydrogens (tertiary/aromatic N) is 2. The summed E-state index contributed by atoms with van der Waals surface area (Å²) in [5.41, 5.74) is 2.57. The van der Waals surface area contributed by atoms with Crippen molar-refractivity contribution in [2.75, 3.05) is 0 Å². The van der Waals surface area contributed by atoms with E-state index >= 15 is 0 Å². The van der Waals surface area contributed by atoms with Gasteiger partial charge in [0, 0.05) is 16.5 Å². The first-order chi connectivity index (χ1) is 9.81. The molecule has 0 amide bonds. The molecule has 0 atom stereocenters. The minimum atomic E-state index is 0.180. The molecular formula is C16H11N3O. The van der Waals surface area contributed by atoms with Gasteiger partial charge in [0.05, 0.1) is 11.0 Å². The average Bonchev–Trinajstić information content (AvgIpc) is 3.04. The van der Waals surface area contributed by atoms with Crippen LogP contribution in [0.4, 0.5) is 5.69 Å². The molecule has 20 heavy (non-hydrogen) atoms. The van der Waals surface area contributed by atoms with Crippen LogP contribution < -0.4 is 10.6 Å². The van der Waals surface area contributed by atoms with E-state index in [-0.39, 0.29) is 5.88 Å². The molecule has 3 aromatic rings. The monoisotopic (exact) mass is 261 g/mol. The highest BCUT2D eigenvalue weighted by molar-refractivity contribution is 5.91. The lowest BCUT2D eigenvalue weighted by Gasteiger charge is -1.94. The van der Waals surface area contributed by atoms with Gasteiger partial charge in [0.1, 0.15) is 6.34 Å². The van der Waals surface area contributed by atoms with E-state index in [9.17, 15) is 5.11 Å². The first kappa shape index (κ1) is 11.0. The van der Waals surface area contributed by atoms with Gasteiger partial charge in [0.15, 0.2) is 5.88 Å². The van der Waals surface area contributed by atoms with Gasteiger partial charge in [-0.3, -0.25) is 0 Å². The zero-order chi connectivity index (χ0) is 13.5. The molecule has 2 heterocycles. The van der Waals surface area contributed by atoms with Crippen LogP contribution in [0.15, 0.2) is 52.4 Å². The van der Waals surface area contributed by atoms with Crippen LogP contribution in [0, 0.1) is 0 Å². The first-order valence-corrected chi connectivity index (χ1v) is 6.33. The Morgan fingerprint density at radius 2 is 2.00 bits per heavy atom. The Labute approximate surface area is 114 Å². The second kappa shape index (κ2) is 4.06. The zero-order valence-electron chi connectivity index (χ0n) is 10.5. The number of fused-ring (bicyclic) bond motifs is 2. The van der Waals surface area contributed by atoms with Gasteiger partial charge in [-0.2, -0.15) is 0 Å². The van der Waals surface area contributed by atoms with Gasteiger partial charge in [0.2, 0.25) is 0 Å². The quantitative estimate of drug-likeness (QED) is 0.691. The van der Waals surface area contributed by atoms with Gasteiger partial charge in [-0.25, -0.2) is 9.98 Å². The lowest BCUT2D eigenvalue weighted by molar-refractivity contribution is 0.457. The molecule has 0 saturated carbocycles. The largest absolute Gasteiger partial charge is 0.494 e. The van der Waals surface area contributed by atoms with Gasteiger partial charge < -0.3 is 10.1 Å². The number of para-hydroxylation sites is 1. The Balaban J connectivity index is 1.97. The lowest BCUT2D eigenvalue weighted by Crippen LogP contribution is -2.06. The van der Waals surface area contributed by atoms with Crippen LogP contribution >= 0.6 is 0 Å². The van der Waals surface area contributed by atoms with Crippen molar-refractivity contribution < 1.29 is 5.11 Å². The summed E-state index contributed by atoms with van der Waals surface area (Å²) in [6, 6.07) is 13.7. The van der Waals surface area contributed by atoms with Gasteiger partial charge in [-0.05, 0) is 29.5 Å². The Morgan fingerprint density at radius 3 is 2.95 bits per heavy atom. The smallest absolute Gasteiger partial charge is 0.196 e. The summed E-state index contributed by atoms with van der Waals surface area (Å²) in [6.45, 7) is 0. The molecule has 0 aliphatic carbocycles. The molecule has 0 fully saturated rings. The number of hydrogen-bond donors (Lipinski definition) is 2. The number of hydrogen-bond acceptors (Lipinski definition) is 3. The minimum Gasteiger partial charge on any atom is -0.494 e. The summed E-state index contributed by atoms with van der Waals surface area (Å²) in [6.07, 6.45) is 3.50. The molecule has 1 aliphatic heterocycles. The molecule has 0 radical (unpaired) electrons. The topological polar surface area (TPSA) is 60.7 Å². The van der Waals surface area contributed by atoms with Crippen molar-refractivity contribution in [3.05, 3.63) is 58.6 Å². The summed E-state index contributed by atoms with van der Waals surface area (Å²) in [7, 11) is 0. The number of nitrogens with one attached hydrogen (secondary N) is 1. The fourth-order valence-electron chi connectivity index (χ4n) is 2.46. The number of aliphatic imine (C=N–C) groups is 1. The molecule has 4 nitrogen and oxygen atoms in total. The predicted octanol–water partition coefficient (Wildman–Crippen LogP) is 2.00. The van der Waals surface area contributed by atoms with E-state index < -0.39 is 0 Å². The summed E-state index contributed by atoms with van der Waals surface area (Å²) >= 11 is 0. The summed E-state index contributed by atoms with van der Waals surface area (Å²) in [5, 5.41) is 12.9. The van der Waals surface area contributed by atoms with E-state index in [1.807, 2.05) is 48.5 Å². The van der Waals surface area contributed by atoms with Crippen LogP contribution in [0.5, 0.6) is 5.88 Å². The SMILES string of the molecule is Oc1[nH]c2ccccc2c1/C=c1\ccc2c(c1)N=CN=2. The van der Waals surface area contributed by atoms with E-state index in [0.717, 1.165) is 32.7 Å². The highest BCUT2D eigenvalue weighted by atomic mass is 16.3. The van der Waals surface area contributed by atoms with Gasteiger partial charge >= 0.3 is 0 Å². The molecule has 0 unspecified atom stereocenters. The highest BCUT2D eigenvalue weighted by Gasteiger charge is 2.07. The number of aromatic amines is 1. The summed E-state index contributed by atoms with van der Waals surface area (Å²) < 4.78 is 0. The molecule has 2 N–H and O–H groups in total. The van der Waals surface area contributed by atoms with E-state index in [1.54, 1.807) is 6.34 Å². The minimum absolute atomic E-state index is 0.180. The van der Waals surface area contributed by atoms with Crippen LogP contribution in [-0.2, 0) is 0 Å². The third kappa shape index (κ3) is 1.62. The standard InChI is InChI=1S/C16H11N3O/c20-16-12(11-3-1-2-4-13(11)19-16)7-10-5-6-14-15(8-10)18-9-17-14/h1-9,19-20H/b10-7+. The maximum Gasteiger partial charge on any atom is 0.196 e. The second-order valence-electron chi connectivity index (χ2n) is 4.70. The Bertz CT molecular complexity index is 967. The van der Waals surface area contributed by atoms with Crippen LogP contribution in [0.25, 0.3) is 17.0 Å². The molecule has 0 bridgehead atoms. The van der Waals surface area contributed by atoms with Crippen molar-refractivity contribution in [2.45, 2.75) is 0 Å².